The molecule has 0 atom stereocenters. The topological polar surface area (TPSA) is 59.7 Å². The van der Waals surface area contributed by atoms with Crippen molar-refractivity contribution in [3.8, 4) is 17.1 Å². The number of hydrogen-bond acceptors (Lipinski definition) is 4. The Labute approximate surface area is 188 Å². The third kappa shape index (κ3) is 5.68. The Kier molecular flexibility index (Phi) is 6.93. The van der Waals surface area contributed by atoms with Gasteiger partial charge < -0.3 is 14.3 Å². The van der Waals surface area contributed by atoms with Crippen LogP contribution in [-0.4, -0.2) is 15.8 Å². The maximum atomic E-state index is 13.3. The van der Waals surface area contributed by atoms with E-state index >= 15 is 0 Å². The maximum Gasteiger partial charge on any atom is 0.417 e. The number of carbonyl (C=O) groups is 1. The van der Waals surface area contributed by atoms with Crippen molar-refractivity contribution in [1.29, 1.82) is 0 Å². The number of rotatable bonds is 8. The van der Waals surface area contributed by atoms with Crippen LogP contribution in [0.2, 0.25) is 0 Å². The zero-order valence-corrected chi connectivity index (χ0v) is 18.6. The molecule has 8 heteroatoms. The van der Waals surface area contributed by atoms with E-state index in [-0.39, 0.29) is 17.9 Å². The molecule has 0 bridgehead atoms. The van der Waals surface area contributed by atoms with Crippen LogP contribution in [-0.2, 0) is 23.3 Å². The highest BCUT2D eigenvalue weighted by molar-refractivity contribution is 8.00. The Bertz CT molecular complexity index is 1100. The number of benzene rings is 2. The molecule has 0 spiro atoms. The van der Waals surface area contributed by atoms with Crippen molar-refractivity contribution in [1.82, 2.24) is 0 Å². The van der Waals surface area contributed by atoms with E-state index in [1.54, 1.807) is 32.9 Å². The van der Waals surface area contributed by atoms with E-state index in [4.69, 9.17) is 9.15 Å². The van der Waals surface area contributed by atoms with E-state index in [0.29, 0.717) is 22.8 Å². The van der Waals surface area contributed by atoms with Gasteiger partial charge >= 0.3 is 12.1 Å². The first kappa shape index (κ1) is 23.8. The fraction of sp³-hybridized carbons (Fsp3) is 0.292. The number of aliphatic carboxylic acids is 1. The Balaban J connectivity index is 1.72. The van der Waals surface area contributed by atoms with Gasteiger partial charge in [-0.3, -0.25) is 4.79 Å². The number of halogens is 3. The second kappa shape index (κ2) is 9.32. The summed E-state index contributed by atoms with van der Waals surface area (Å²) >= 11 is 1.31. The van der Waals surface area contributed by atoms with Gasteiger partial charge in [-0.25, -0.2) is 0 Å². The van der Waals surface area contributed by atoms with Gasteiger partial charge in [0.25, 0.3) is 0 Å². The first-order valence-corrected chi connectivity index (χ1v) is 10.8. The first-order valence-electron chi connectivity index (χ1n) is 9.82. The van der Waals surface area contributed by atoms with Gasteiger partial charge in [-0.15, -0.1) is 11.8 Å². The second-order valence-corrected chi connectivity index (χ2v) is 9.37. The second-order valence-electron chi connectivity index (χ2n) is 7.78. The molecule has 0 aliphatic carbocycles. The van der Waals surface area contributed by atoms with E-state index in [1.165, 1.54) is 30.0 Å². The normalized spacial score (nSPS) is 12.1. The first-order chi connectivity index (χ1) is 15.0. The Morgan fingerprint density at radius 3 is 2.50 bits per heavy atom. The SMILES string of the molecule is Cc1oc(-c2ccccc2C(F)(F)F)cc1COc1cccc(CSC(C)(C)C(=O)O)c1. The summed E-state index contributed by atoms with van der Waals surface area (Å²) in [5.41, 5.74) is 0.777. The monoisotopic (exact) mass is 464 g/mol. The molecule has 4 nitrogen and oxygen atoms in total. The highest BCUT2D eigenvalue weighted by Crippen LogP contribution is 2.38. The molecule has 1 heterocycles. The van der Waals surface area contributed by atoms with Crippen LogP contribution in [0.1, 0.15) is 36.3 Å². The molecule has 0 amide bonds. The van der Waals surface area contributed by atoms with Gasteiger partial charge in [0.2, 0.25) is 0 Å². The van der Waals surface area contributed by atoms with Gasteiger partial charge in [0.05, 0.1) is 5.56 Å². The Morgan fingerprint density at radius 2 is 1.81 bits per heavy atom. The number of alkyl halides is 3. The summed E-state index contributed by atoms with van der Waals surface area (Å²) in [6.07, 6.45) is -4.48. The smallest absolute Gasteiger partial charge is 0.417 e. The van der Waals surface area contributed by atoms with Crippen LogP contribution >= 0.6 is 11.8 Å². The minimum Gasteiger partial charge on any atom is -0.489 e. The lowest BCUT2D eigenvalue weighted by molar-refractivity contribution is -0.139. The third-order valence-electron chi connectivity index (χ3n) is 4.93. The van der Waals surface area contributed by atoms with Crippen molar-refractivity contribution < 1.29 is 32.2 Å². The molecule has 1 aromatic heterocycles. The molecule has 0 aliphatic heterocycles. The van der Waals surface area contributed by atoms with Crippen molar-refractivity contribution in [3.63, 3.8) is 0 Å². The number of hydrogen-bond donors (Lipinski definition) is 1. The minimum absolute atomic E-state index is 0.0191. The summed E-state index contributed by atoms with van der Waals surface area (Å²) in [5.74, 6) is 0.809. The fourth-order valence-electron chi connectivity index (χ4n) is 2.95. The van der Waals surface area contributed by atoms with Gasteiger partial charge in [-0.1, -0.05) is 30.3 Å². The van der Waals surface area contributed by atoms with Crippen LogP contribution in [0.25, 0.3) is 11.3 Å². The number of carboxylic acid groups (broad SMARTS) is 1. The van der Waals surface area contributed by atoms with Gasteiger partial charge in [-0.05, 0) is 50.6 Å². The highest BCUT2D eigenvalue weighted by Gasteiger charge is 2.34. The lowest BCUT2D eigenvalue weighted by Gasteiger charge is -2.18. The summed E-state index contributed by atoms with van der Waals surface area (Å²) < 4.78 is 50.5. The summed E-state index contributed by atoms with van der Waals surface area (Å²) in [4.78, 5) is 11.3. The molecule has 0 saturated carbocycles. The van der Waals surface area contributed by atoms with E-state index in [1.807, 2.05) is 18.2 Å². The van der Waals surface area contributed by atoms with Crippen molar-refractivity contribution in [3.05, 3.63) is 77.0 Å². The molecule has 32 heavy (non-hydrogen) atoms. The van der Waals surface area contributed by atoms with Gasteiger partial charge in [0, 0.05) is 16.9 Å². The molecule has 0 aliphatic rings. The van der Waals surface area contributed by atoms with Crippen LogP contribution in [0.3, 0.4) is 0 Å². The summed E-state index contributed by atoms with van der Waals surface area (Å²) in [5, 5.41) is 9.24. The quantitative estimate of drug-likeness (QED) is 0.391. The van der Waals surface area contributed by atoms with E-state index < -0.39 is 22.5 Å². The molecule has 3 rings (SSSR count). The third-order valence-corrected chi connectivity index (χ3v) is 6.30. The van der Waals surface area contributed by atoms with Gasteiger partial charge in [0.15, 0.2) is 0 Å². The maximum absolute atomic E-state index is 13.3. The molecular formula is C24H23F3O4S. The Hall–Kier alpha value is -2.87. The minimum atomic E-state index is -4.48. The van der Waals surface area contributed by atoms with Crippen LogP contribution < -0.4 is 4.74 Å². The Morgan fingerprint density at radius 1 is 1.09 bits per heavy atom. The van der Waals surface area contributed by atoms with Crippen LogP contribution in [0.5, 0.6) is 5.75 Å². The van der Waals surface area contributed by atoms with Crippen LogP contribution in [0, 0.1) is 6.92 Å². The van der Waals surface area contributed by atoms with Crippen LogP contribution in [0.15, 0.2) is 59.0 Å². The van der Waals surface area contributed by atoms with E-state index in [0.717, 1.165) is 11.6 Å². The predicted octanol–water partition coefficient (Wildman–Crippen LogP) is 6.95. The number of carboxylic acids is 1. The van der Waals surface area contributed by atoms with Crippen molar-refractivity contribution in [2.24, 2.45) is 0 Å². The summed E-state index contributed by atoms with van der Waals surface area (Å²) in [7, 11) is 0. The van der Waals surface area contributed by atoms with E-state index in [2.05, 4.69) is 0 Å². The van der Waals surface area contributed by atoms with Crippen LogP contribution in [0.4, 0.5) is 13.2 Å². The molecule has 0 fully saturated rings. The molecule has 3 aromatic rings. The van der Waals surface area contributed by atoms with E-state index in [9.17, 15) is 23.1 Å². The number of aryl methyl sites for hydroxylation is 1. The molecule has 170 valence electrons. The summed E-state index contributed by atoms with van der Waals surface area (Å²) in [6.45, 7) is 5.10. The summed E-state index contributed by atoms with van der Waals surface area (Å²) in [6, 6.07) is 14.1. The van der Waals surface area contributed by atoms with Gasteiger partial charge in [0.1, 0.15) is 28.6 Å². The zero-order chi connectivity index (χ0) is 23.5. The average molecular weight is 465 g/mol. The number of thioether (sulfide) groups is 1. The molecule has 0 radical (unpaired) electrons. The van der Waals surface area contributed by atoms with Gasteiger partial charge in [-0.2, -0.15) is 13.2 Å². The average Bonchev–Trinajstić information content (AvgIpc) is 3.11. The molecule has 2 aromatic carbocycles. The zero-order valence-electron chi connectivity index (χ0n) is 17.8. The predicted molar refractivity (Wildman–Crippen MR) is 118 cm³/mol. The number of ether oxygens (including phenoxy) is 1. The molecule has 0 unspecified atom stereocenters. The highest BCUT2D eigenvalue weighted by atomic mass is 32.2. The lowest BCUT2D eigenvalue weighted by Crippen LogP contribution is -2.27. The number of furan rings is 1. The standard InChI is InChI=1S/C24H23F3O4S/c1-15-17(12-21(31-15)19-9-4-5-10-20(19)24(25,26)27)13-30-18-8-6-7-16(11-18)14-32-23(2,3)22(28)29/h4-12H,13-14H2,1-3H3,(H,28,29). The largest absolute Gasteiger partial charge is 0.489 e. The lowest BCUT2D eigenvalue weighted by atomic mass is 10.0. The van der Waals surface area contributed by atoms with Crippen molar-refractivity contribution in [2.75, 3.05) is 0 Å². The molecule has 0 saturated heterocycles. The molecule has 1 N–H and O–H groups in total. The van der Waals surface area contributed by atoms with Crippen molar-refractivity contribution >= 4 is 17.7 Å². The van der Waals surface area contributed by atoms with Crippen molar-refractivity contribution in [2.45, 2.75) is 44.1 Å². The molecular weight excluding hydrogens is 441 g/mol. The fourth-order valence-corrected chi connectivity index (χ4v) is 3.78.